The average Bonchev–Trinajstić information content (AvgIpc) is 3.03. The van der Waals surface area contributed by atoms with Gasteiger partial charge in [-0.15, -0.1) is 0 Å². The van der Waals surface area contributed by atoms with E-state index in [1.165, 1.54) is 0 Å². The molecule has 7 nitrogen and oxygen atoms in total. The van der Waals surface area contributed by atoms with Crippen molar-refractivity contribution >= 4 is 39.5 Å². The van der Waals surface area contributed by atoms with E-state index in [0.29, 0.717) is 6.54 Å². The van der Waals surface area contributed by atoms with Crippen molar-refractivity contribution in [2.45, 2.75) is 13.8 Å². The maximum atomic E-state index is 11.5. The van der Waals surface area contributed by atoms with Crippen molar-refractivity contribution in [2.75, 3.05) is 45.2 Å². The van der Waals surface area contributed by atoms with Gasteiger partial charge in [0.25, 0.3) is 0 Å². The SMILES string of the molecule is COc1cc2c(s1)Nc1ccccc1N=C2N1CCN(CC(C)(C)C(=O)O)CC1. The summed E-state index contributed by atoms with van der Waals surface area (Å²) in [7, 11) is 1.68. The minimum Gasteiger partial charge on any atom is -0.487 e. The third-order valence-corrected chi connectivity index (χ3v) is 6.41. The van der Waals surface area contributed by atoms with Crippen LogP contribution < -0.4 is 10.1 Å². The van der Waals surface area contributed by atoms with Crippen LogP contribution in [0.4, 0.5) is 16.4 Å². The van der Waals surface area contributed by atoms with Gasteiger partial charge in [-0.3, -0.25) is 9.69 Å². The number of carboxylic acid groups (broad SMARTS) is 1. The van der Waals surface area contributed by atoms with E-state index in [2.05, 4.69) is 15.1 Å². The van der Waals surface area contributed by atoms with Gasteiger partial charge in [-0.1, -0.05) is 23.5 Å². The Bertz CT molecular complexity index is 945. The largest absolute Gasteiger partial charge is 0.487 e. The Morgan fingerprint density at radius 3 is 2.69 bits per heavy atom. The molecule has 0 unspecified atom stereocenters. The van der Waals surface area contributed by atoms with E-state index in [0.717, 1.165) is 59.0 Å². The third-order valence-electron chi connectivity index (χ3n) is 5.40. The molecule has 3 heterocycles. The fourth-order valence-electron chi connectivity index (χ4n) is 3.69. The predicted molar refractivity (Wildman–Crippen MR) is 116 cm³/mol. The topological polar surface area (TPSA) is 77.4 Å². The summed E-state index contributed by atoms with van der Waals surface area (Å²) in [5.41, 5.74) is 2.19. The van der Waals surface area contributed by atoms with Gasteiger partial charge >= 0.3 is 5.97 Å². The fraction of sp³-hybridized carbons (Fsp3) is 0.429. The molecule has 1 fully saturated rings. The molecule has 0 saturated carbocycles. The minimum absolute atomic E-state index is 0.546. The number of piperazine rings is 1. The Balaban J connectivity index is 1.58. The molecule has 0 amide bonds. The number of benzene rings is 1. The Morgan fingerprint density at radius 2 is 2.00 bits per heavy atom. The maximum absolute atomic E-state index is 11.5. The van der Waals surface area contributed by atoms with Crippen molar-refractivity contribution in [3.8, 4) is 5.06 Å². The van der Waals surface area contributed by atoms with Crippen molar-refractivity contribution in [1.82, 2.24) is 9.80 Å². The minimum atomic E-state index is -0.759. The lowest BCUT2D eigenvalue weighted by Crippen LogP contribution is -2.52. The van der Waals surface area contributed by atoms with Crippen LogP contribution in [-0.2, 0) is 4.79 Å². The zero-order valence-electron chi connectivity index (χ0n) is 16.9. The number of para-hydroxylation sites is 2. The highest BCUT2D eigenvalue weighted by Crippen LogP contribution is 2.42. The number of amidine groups is 1. The number of nitrogens with zero attached hydrogens (tertiary/aromatic N) is 3. The van der Waals surface area contributed by atoms with E-state index in [4.69, 9.17) is 9.73 Å². The van der Waals surface area contributed by atoms with E-state index in [1.54, 1.807) is 32.3 Å². The van der Waals surface area contributed by atoms with Crippen LogP contribution in [0.15, 0.2) is 35.3 Å². The summed E-state index contributed by atoms with van der Waals surface area (Å²) >= 11 is 1.58. The van der Waals surface area contributed by atoms with Gasteiger partial charge in [0.05, 0.1) is 29.5 Å². The highest BCUT2D eigenvalue weighted by molar-refractivity contribution is 7.18. The van der Waals surface area contributed by atoms with Gasteiger partial charge in [-0.2, -0.15) is 0 Å². The molecular formula is C21H26N4O3S. The van der Waals surface area contributed by atoms with Crippen LogP contribution in [-0.4, -0.2) is 66.5 Å². The van der Waals surface area contributed by atoms with E-state index in [-0.39, 0.29) is 0 Å². The maximum Gasteiger partial charge on any atom is 0.310 e. The molecule has 4 rings (SSSR count). The molecule has 0 atom stereocenters. The van der Waals surface area contributed by atoms with Crippen molar-refractivity contribution in [3.63, 3.8) is 0 Å². The van der Waals surface area contributed by atoms with E-state index in [1.807, 2.05) is 30.3 Å². The molecule has 0 spiro atoms. The summed E-state index contributed by atoms with van der Waals surface area (Å²) in [4.78, 5) is 21.0. The predicted octanol–water partition coefficient (Wildman–Crippen LogP) is 3.62. The van der Waals surface area contributed by atoms with Gasteiger partial charge in [-0.05, 0) is 26.0 Å². The number of methoxy groups -OCH3 is 1. The normalized spacial score (nSPS) is 16.9. The number of ether oxygens (including phenoxy) is 1. The van der Waals surface area contributed by atoms with Crippen LogP contribution in [0.3, 0.4) is 0 Å². The summed E-state index contributed by atoms with van der Waals surface area (Å²) in [6.07, 6.45) is 0. The number of carbonyl (C=O) groups is 1. The van der Waals surface area contributed by atoms with Crippen molar-refractivity contribution < 1.29 is 14.6 Å². The monoisotopic (exact) mass is 414 g/mol. The standard InChI is InChI=1S/C21H26N4O3S/c1-21(2,20(26)27)13-24-8-10-25(11-9-24)18-14-12-17(28-3)29-19(14)23-16-7-5-4-6-15(16)22-18/h4-7,12,23H,8-11,13H2,1-3H3,(H,26,27). The molecule has 0 radical (unpaired) electrons. The van der Waals surface area contributed by atoms with E-state index in [9.17, 15) is 9.90 Å². The van der Waals surface area contributed by atoms with Gasteiger partial charge in [-0.25, -0.2) is 4.99 Å². The molecule has 8 heteroatoms. The molecule has 1 aromatic carbocycles. The first-order valence-corrected chi connectivity index (χ1v) is 10.5. The van der Waals surface area contributed by atoms with Crippen molar-refractivity contribution in [2.24, 2.45) is 10.4 Å². The van der Waals surface area contributed by atoms with Gasteiger partial charge < -0.3 is 20.1 Å². The molecular weight excluding hydrogens is 388 g/mol. The molecule has 2 aromatic rings. The van der Waals surface area contributed by atoms with Gasteiger partial charge in [0.2, 0.25) is 0 Å². The number of fused-ring (bicyclic) bond motifs is 2. The van der Waals surface area contributed by atoms with Crippen LogP contribution in [0, 0.1) is 5.41 Å². The summed E-state index contributed by atoms with van der Waals surface area (Å²) < 4.78 is 5.47. The summed E-state index contributed by atoms with van der Waals surface area (Å²) in [5.74, 6) is 0.180. The van der Waals surface area contributed by atoms with E-state index >= 15 is 0 Å². The number of hydrogen-bond acceptors (Lipinski definition) is 7. The van der Waals surface area contributed by atoms with E-state index < -0.39 is 11.4 Å². The van der Waals surface area contributed by atoms with Crippen molar-refractivity contribution in [3.05, 3.63) is 35.9 Å². The lowest BCUT2D eigenvalue weighted by Gasteiger charge is -2.38. The number of anilines is 2. The number of thiophene rings is 1. The number of carboxylic acids is 1. The lowest BCUT2D eigenvalue weighted by molar-refractivity contribution is -0.148. The first-order chi connectivity index (χ1) is 13.9. The Morgan fingerprint density at radius 1 is 1.28 bits per heavy atom. The first-order valence-electron chi connectivity index (χ1n) is 9.71. The first kappa shape index (κ1) is 19.7. The molecule has 29 heavy (non-hydrogen) atoms. The number of rotatable bonds is 4. The Labute approximate surface area is 174 Å². The zero-order valence-corrected chi connectivity index (χ0v) is 17.8. The molecule has 2 N–H and O–H groups in total. The van der Waals surface area contributed by atoms with Crippen LogP contribution in [0.2, 0.25) is 0 Å². The van der Waals surface area contributed by atoms with Crippen LogP contribution >= 0.6 is 11.3 Å². The Kier molecular flexibility index (Phi) is 5.23. The molecule has 2 aliphatic heterocycles. The third kappa shape index (κ3) is 3.95. The summed E-state index contributed by atoms with van der Waals surface area (Å²) in [6.45, 7) is 7.32. The molecule has 0 bridgehead atoms. The van der Waals surface area contributed by atoms with Gasteiger partial charge in [0.15, 0.2) is 5.06 Å². The number of hydrogen-bond donors (Lipinski definition) is 2. The second kappa shape index (κ2) is 7.68. The average molecular weight is 415 g/mol. The van der Waals surface area contributed by atoms with Crippen LogP contribution in [0.25, 0.3) is 0 Å². The quantitative estimate of drug-likeness (QED) is 0.796. The fourth-order valence-corrected chi connectivity index (χ4v) is 4.57. The number of aliphatic imine (C=N–C) groups is 1. The highest BCUT2D eigenvalue weighted by Gasteiger charge is 2.32. The number of nitrogens with one attached hydrogen (secondary N) is 1. The Hall–Kier alpha value is -2.58. The van der Waals surface area contributed by atoms with Crippen LogP contribution in [0.1, 0.15) is 19.4 Å². The zero-order chi connectivity index (χ0) is 20.6. The molecule has 1 saturated heterocycles. The van der Waals surface area contributed by atoms with Gasteiger partial charge in [0, 0.05) is 38.8 Å². The lowest BCUT2D eigenvalue weighted by atomic mass is 9.93. The highest BCUT2D eigenvalue weighted by atomic mass is 32.1. The molecule has 2 aliphatic rings. The molecule has 0 aliphatic carbocycles. The summed E-state index contributed by atoms with van der Waals surface area (Å²) in [6, 6.07) is 10.1. The second-order valence-electron chi connectivity index (χ2n) is 8.04. The van der Waals surface area contributed by atoms with Crippen molar-refractivity contribution in [1.29, 1.82) is 0 Å². The summed E-state index contributed by atoms with van der Waals surface area (Å²) in [5, 5.41) is 14.8. The van der Waals surface area contributed by atoms with Crippen LogP contribution in [0.5, 0.6) is 5.06 Å². The number of aliphatic carboxylic acids is 1. The van der Waals surface area contributed by atoms with Gasteiger partial charge in [0.1, 0.15) is 10.8 Å². The second-order valence-corrected chi connectivity index (χ2v) is 9.06. The smallest absolute Gasteiger partial charge is 0.310 e. The molecule has 1 aromatic heterocycles. The molecule has 154 valence electrons.